The third-order valence-electron chi connectivity index (χ3n) is 4.82. The Morgan fingerprint density at radius 1 is 1.10 bits per heavy atom. The molecule has 0 bridgehead atoms. The first-order valence-electron chi connectivity index (χ1n) is 9.40. The molecule has 1 saturated heterocycles. The molecule has 0 saturated carbocycles. The summed E-state index contributed by atoms with van der Waals surface area (Å²) in [5, 5.41) is 2.69. The van der Waals surface area contributed by atoms with E-state index in [0.29, 0.717) is 11.4 Å². The van der Waals surface area contributed by atoms with Crippen molar-refractivity contribution < 1.29 is 23.9 Å². The van der Waals surface area contributed by atoms with E-state index in [9.17, 15) is 14.4 Å². The molecule has 0 aliphatic carbocycles. The first kappa shape index (κ1) is 20.4. The number of hydrogen-bond donors (Lipinski definition) is 1. The van der Waals surface area contributed by atoms with Gasteiger partial charge >= 0.3 is 5.97 Å². The van der Waals surface area contributed by atoms with E-state index < -0.39 is 23.9 Å². The summed E-state index contributed by atoms with van der Waals surface area (Å²) >= 11 is 0. The Balaban J connectivity index is 1.55. The quantitative estimate of drug-likeness (QED) is 0.759. The van der Waals surface area contributed by atoms with Gasteiger partial charge in [0.25, 0.3) is 5.91 Å². The van der Waals surface area contributed by atoms with E-state index in [0.717, 1.165) is 11.3 Å². The summed E-state index contributed by atoms with van der Waals surface area (Å²) in [5.74, 6) is -1.05. The number of carbonyl (C=O) groups excluding carboxylic acids is 3. The predicted octanol–water partition coefficient (Wildman–Crippen LogP) is 2.93. The number of esters is 1. The highest BCUT2D eigenvalue weighted by atomic mass is 16.5. The first-order chi connectivity index (χ1) is 13.9. The van der Waals surface area contributed by atoms with Gasteiger partial charge < -0.3 is 19.7 Å². The molecule has 29 heavy (non-hydrogen) atoms. The number of rotatable bonds is 6. The van der Waals surface area contributed by atoms with Gasteiger partial charge in [0, 0.05) is 24.3 Å². The Kier molecular flexibility index (Phi) is 6.16. The number of amides is 2. The molecule has 0 unspecified atom stereocenters. The highest BCUT2D eigenvalue weighted by Gasteiger charge is 2.37. The minimum Gasteiger partial charge on any atom is -0.497 e. The maximum Gasteiger partial charge on any atom is 0.312 e. The largest absolute Gasteiger partial charge is 0.497 e. The Morgan fingerprint density at radius 3 is 2.38 bits per heavy atom. The van der Waals surface area contributed by atoms with Crippen molar-refractivity contribution >= 4 is 29.2 Å². The van der Waals surface area contributed by atoms with Gasteiger partial charge in [-0.1, -0.05) is 17.7 Å². The summed E-state index contributed by atoms with van der Waals surface area (Å²) in [5.41, 5.74) is 2.41. The lowest BCUT2D eigenvalue weighted by Crippen LogP contribution is -2.33. The van der Waals surface area contributed by atoms with Crippen LogP contribution in [0.5, 0.6) is 5.75 Å². The van der Waals surface area contributed by atoms with Gasteiger partial charge in [0.05, 0.1) is 13.0 Å². The van der Waals surface area contributed by atoms with Crippen molar-refractivity contribution in [2.75, 3.05) is 23.9 Å². The average Bonchev–Trinajstić information content (AvgIpc) is 3.11. The van der Waals surface area contributed by atoms with E-state index >= 15 is 0 Å². The molecule has 3 rings (SSSR count). The average molecular weight is 396 g/mol. The van der Waals surface area contributed by atoms with Crippen molar-refractivity contribution in [2.24, 2.45) is 5.92 Å². The highest BCUT2D eigenvalue weighted by molar-refractivity contribution is 6.00. The van der Waals surface area contributed by atoms with Crippen molar-refractivity contribution in [2.45, 2.75) is 26.4 Å². The minimum absolute atomic E-state index is 0.0690. The van der Waals surface area contributed by atoms with Crippen LogP contribution in [0.3, 0.4) is 0 Å². The molecule has 1 aliphatic heterocycles. The minimum atomic E-state index is -0.979. The molecule has 7 nitrogen and oxygen atoms in total. The molecule has 1 heterocycles. The molecule has 7 heteroatoms. The van der Waals surface area contributed by atoms with E-state index in [4.69, 9.17) is 9.47 Å². The molecular formula is C22H24N2O5. The van der Waals surface area contributed by atoms with Gasteiger partial charge in [0.1, 0.15) is 5.75 Å². The maximum atomic E-state index is 12.5. The normalized spacial score (nSPS) is 17.0. The van der Waals surface area contributed by atoms with Crippen LogP contribution in [-0.4, -0.2) is 37.5 Å². The zero-order chi connectivity index (χ0) is 21.0. The molecular weight excluding hydrogens is 372 g/mol. The summed E-state index contributed by atoms with van der Waals surface area (Å²) in [6.45, 7) is 3.72. The molecule has 2 atom stereocenters. The fraction of sp³-hybridized carbons (Fsp3) is 0.318. The fourth-order valence-corrected chi connectivity index (χ4v) is 3.08. The van der Waals surface area contributed by atoms with E-state index in [1.54, 1.807) is 36.3 Å². The SMILES string of the molecule is COc1ccc(NC(=O)[C@H](C)OC(=O)[C@@H]2CC(=O)N(c3ccc(C)cc3)C2)cc1. The van der Waals surface area contributed by atoms with Crippen molar-refractivity contribution in [3.63, 3.8) is 0 Å². The van der Waals surface area contributed by atoms with Crippen LogP contribution in [-0.2, 0) is 19.1 Å². The van der Waals surface area contributed by atoms with Gasteiger partial charge in [0.15, 0.2) is 6.10 Å². The van der Waals surface area contributed by atoms with Crippen molar-refractivity contribution in [1.29, 1.82) is 0 Å². The lowest BCUT2D eigenvalue weighted by Gasteiger charge is -2.18. The fourth-order valence-electron chi connectivity index (χ4n) is 3.08. The number of nitrogens with one attached hydrogen (secondary N) is 1. The molecule has 2 aromatic carbocycles. The van der Waals surface area contributed by atoms with E-state index in [1.165, 1.54) is 6.92 Å². The maximum absolute atomic E-state index is 12.5. The molecule has 1 N–H and O–H groups in total. The van der Waals surface area contributed by atoms with Crippen molar-refractivity contribution in [1.82, 2.24) is 0 Å². The number of benzene rings is 2. The van der Waals surface area contributed by atoms with Gasteiger partial charge in [-0.3, -0.25) is 14.4 Å². The van der Waals surface area contributed by atoms with Crippen molar-refractivity contribution in [3.8, 4) is 5.75 Å². The van der Waals surface area contributed by atoms with Crippen LogP contribution in [0.25, 0.3) is 0 Å². The second kappa shape index (κ2) is 8.77. The summed E-state index contributed by atoms with van der Waals surface area (Å²) in [4.78, 5) is 38.7. The summed E-state index contributed by atoms with van der Waals surface area (Å²) in [6, 6.07) is 14.4. The second-order valence-corrected chi connectivity index (χ2v) is 7.04. The Morgan fingerprint density at radius 2 is 1.76 bits per heavy atom. The van der Waals surface area contributed by atoms with Crippen LogP contribution in [0.15, 0.2) is 48.5 Å². The predicted molar refractivity (Wildman–Crippen MR) is 109 cm³/mol. The zero-order valence-electron chi connectivity index (χ0n) is 16.7. The van der Waals surface area contributed by atoms with Crippen LogP contribution in [0.4, 0.5) is 11.4 Å². The Labute approximate surface area is 169 Å². The number of ether oxygens (including phenoxy) is 2. The third kappa shape index (κ3) is 4.93. The van der Waals surface area contributed by atoms with Gasteiger partial charge in [0.2, 0.25) is 5.91 Å². The summed E-state index contributed by atoms with van der Waals surface area (Å²) in [7, 11) is 1.56. The molecule has 0 aromatic heterocycles. The number of hydrogen-bond acceptors (Lipinski definition) is 5. The lowest BCUT2D eigenvalue weighted by molar-refractivity contribution is -0.157. The van der Waals surface area contributed by atoms with Gasteiger partial charge in [-0.2, -0.15) is 0 Å². The van der Waals surface area contributed by atoms with Crippen LogP contribution in [0, 0.1) is 12.8 Å². The van der Waals surface area contributed by atoms with Gasteiger partial charge in [-0.05, 0) is 50.2 Å². The van der Waals surface area contributed by atoms with Gasteiger partial charge in [-0.25, -0.2) is 0 Å². The zero-order valence-corrected chi connectivity index (χ0v) is 16.7. The third-order valence-corrected chi connectivity index (χ3v) is 4.82. The topological polar surface area (TPSA) is 84.9 Å². The Bertz CT molecular complexity index is 892. The standard InChI is InChI=1S/C22H24N2O5/c1-14-4-8-18(9-5-14)24-13-16(12-20(24)25)22(27)29-15(2)21(26)23-17-6-10-19(28-3)11-7-17/h4-11,15-16H,12-13H2,1-3H3,(H,23,26)/t15-,16+/m0/s1. The number of anilines is 2. The first-order valence-corrected chi connectivity index (χ1v) is 9.40. The van der Waals surface area contributed by atoms with Crippen LogP contribution < -0.4 is 15.0 Å². The highest BCUT2D eigenvalue weighted by Crippen LogP contribution is 2.26. The molecule has 152 valence electrons. The molecule has 0 spiro atoms. The number of nitrogens with zero attached hydrogens (tertiary/aromatic N) is 1. The summed E-state index contributed by atoms with van der Waals surface area (Å²) in [6.07, 6.45) is -0.910. The van der Waals surface area contributed by atoms with E-state index in [-0.39, 0.29) is 18.9 Å². The van der Waals surface area contributed by atoms with E-state index in [2.05, 4.69) is 5.32 Å². The molecule has 2 amide bonds. The van der Waals surface area contributed by atoms with Crippen LogP contribution in [0.1, 0.15) is 18.9 Å². The lowest BCUT2D eigenvalue weighted by atomic mass is 10.1. The smallest absolute Gasteiger partial charge is 0.312 e. The number of aryl methyl sites for hydroxylation is 1. The Hall–Kier alpha value is -3.35. The number of methoxy groups -OCH3 is 1. The van der Waals surface area contributed by atoms with Gasteiger partial charge in [-0.15, -0.1) is 0 Å². The van der Waals surface area contributed by atoms with Crippen LogP contribution in [0.2, 0.25) is 0 Å². The second-order valence-electron chi connectivity index (χ2n) is 7.04. The summed E-state index contributed by atoms with van der Waals surface area (Å²) < 4.78 is 10.4. The molecule has 1 aliphatic rings. The number of carbonyl (C=O) groups is 3. The molecule has 0 radical (unpaired) electrons. The van der Waals surface area contributed by atoms with Crippen LogP contribution >= 0.6 is 0 Å². The van der Waals surface area contributed by atoms with E-state index in [1.807, 2.05) is 31.2 Å². The van der Waals surface area contributed by atoms with Crippen molar-refractivity contribution in [3.05, 3.63) is 54.1 Å². The molecule has 1 fully saturated rings. The molecule has 2 aromatic rings. The monoisotopic (exact) mass is 396 g/mol.